The molecule has 4 nitrogen and oxygen atoms in total. The first-order valence-corrected chi connectivity index (χ1v) is 8.35. The average Bonchev–Trinajstić information content (AvgIpc) is 2.56. The van der Waals surface area contributed by atoms with E-state index in [1.807, 2.05) is 6.07 Å². The number of halogens is 3. The lowest BCUT2D eigenvalue weighted by Gasteiger charge is -2.15. The van der Waals surface area contributed by atoms with E-state index in [0.717, 1.165) is 0 Å². The number of pyridine rings is 1. The summed E-state index contributed by atoms with van der Waals surface area (Å²) in [6.07, 6.45) is 0. The standard InChI is InChI=1S/C17H9Br2FN2O2/c1-22-12(7-21)13(8-3-2-4-9(20)5-8)14-10(17(22)24)6-11(18)16(23)15(14)19/h2-6,23H,1H3. The minimum absolute atomic E-state index is 0.0838. The minimum Gasteiger partial charge on any atom is -0.506 e. The second-order valence-corrected chi connectivity index (χ2v) is 6.80. The Hall–Kier alpha value is -2.17. The Bertz CT molecular complexity index is 1100. The Kier molecular flexibility index (Phi) is 4.20. The molecule has 0 saturated carbocycles. The van der Waals surface area contributed by atoms with Crippen molar-refractivity contribution in [3.8, 4) is 22.9 Å². The molecule has 7 heteroatoms. The number of nitriles is 1. The van der Waals surface area contributed by atoms with Crippen LogP contribution in [-0.2, 0) is 7.05 Å². The average molecular weight is 452 g/mol. The summed E-state index contributed by atoms with van der Waals surface area (Å²) in [4.78, 5) is 12.6. The van der Waals surface area contributed by atoms with Crippen LogP contribution in [-0.4, -0.2) is 9.67 Å². The van der Waals surface area contributed by atoms with E-state index in [1.165, 1.54) is 35.9 Å². The van der Waals surface area contributed by atoms with Gasteiger partial charge in [-0.1, -0.05) is 12.1 Å². The van der Waals surface area contributed by atoms with Crippen molar-refractivity contribution < 1.29 is 9.50 Å². The van der Waals surface area contributed by atoms with Gasteiger partial charge in [-0.05, 0) is 55.6 Å². The molecule has 1 heterocycles. The van der Waals surface area contributed by atoms with Gasteiger partial charge in [-0.15, -0.1) is 0 Å². The van der Waals surface area contributed by atoms with E-state index in [-0.39, 0.29) is 21.5 Å². The van der Waals surface area contributed by atoms with Crippen LogP contribution in [0.2, 0.25) is 0 Å². The summed E-state index contributed by atoms with van der Waals surface area (Å²) >= 11 is 6.49. The third-order valence-corrected chi connectivity index (χ3v) is 5.15. The van der Waals surface area contributed by atoms with Crippen molar-refractivity contribution in [1.82, 2.24) is 4.57 Å². The molecule has 0 aliphatic carbocycles. The zero-order valence-electron chi connectivity index (χ0n) is 12.3. The van der Waals surface area contributed by atoms with Crippen molar-refractivity contribution in [3.05, 3.63) is 61.1 Å². The lowest BCUT2D eigenvalue weighted by Crippen LogP contribution is -2.21. The normalized spacial score (nSPS) is 10.8. The molecular formula is C17H9Br2FN2O2. The van der Waals surface area contributed by atoms with Crippen molar-refractivity contribution in [1.29, 1.82) is 5.26 Å². The van der Waals surface area contributed by atoms with Gasteiger partial charge in [-0.2, -0.15) is 5.26 Å². The van der Waals surface area contributed by atoms with Crippen molar-refractivity contribution in [2.45, 2.75) is 0 Å². The van der Waals surface area contributed by atoms with Crippen molar-refractivity contribution >= 4 is 42.6 Å². The Labute approximate surface area is 153 Å². The monoisotopic (exact) mass is 450 g/mol. The fourth-order valence-corrected chi connectivity index (χ4v) is 3.96. The van der Waals surface area contributed by atoms with Gasteiger partial charge in [0.05, 0.1) is 14.3 Å². The smallest absolute Gasteiger partial charge is 0.259 e. The second-order valence-electron chi connectivity index (χ2n) is 5.15. The summed E-state index contributed by atoms with van der Waals surface area (Å²) in [5.74, 6) is -0.562. The number of rotatable bonds is 1. The van der Waals surface area contributed by atoms with E-state index in [2.05, 4.69) is 31.9 Å². The molecule has 2 aromatic carbocycles. The van der Waals surface area contributed by atoms with Gasteiger partial charge >= 0.3 is 0 Å². The molecule has 3 rings (SSSR count). The summed E-state index contributed by atoms with van der Waals surface area (Å²) in [5, 5.41) is 20.4. The van der Waals surface area contributed by atoms with Gasteiger partial charge in [0.15, 0.2) is 0 Å². The molecule has 0 aliphatic rings. The highest BCUT2D eigenvalue weighted by Crippen LogP contribution is 2.42. The van der Waals surface area contributed by atoms with Gasteiger partial charge in [-0.3, -0.25) is 4.79 Å². The number of hydrogen-bond acceptors (Lipinski definition) is 3. The van der Waals surface area contributed by atoms with Gasteiger partial charge in [-0.25, -0.2) is 4.39 Å². The largest absolute Gasteiger partial charge is 0.506 e. The highest BCUT2D eigenvalue weighted by Gasteiger charge is 2.21. The van der Waals surface area contributed by atoms with E-state index in [4.69, 9.17) is 0 Å². The van der Waals surface area contributed by atoms with E-state index in [1.54, 1.807) is 6.07 Å². The molecule has 0 radical (unpaired) electrons. The first kappa shape index (κ1) is 16.7. The van der Waals surface area contributed by atoms with E-state index in [9.17, 15) is 19.6 Å². The van der Waals surface area contributed by atoms with Crippen LogP contribution in [0.1, 0.15) is 5.69 Å². The lowest BCUT2D eigenvalue weighted by molar-refractivity contribution is 0.469. The van der Waals surface area contributed by atoms with Crippen LogP contribution in [0.25, 0.3) is 21.9 Å². The highest BCUT2D eigenvalue weighted by molar-refractivity contribution is 9.11. The van der Waals surface area contributed by atoms with E-state index < -0.39 is 5.82 Å². The maximum atomic E-state index is 13.7. The number of benzene rings is 2. The van der Waals surface area contributed by atoms with Crippen LogP contribution in [0.5, 0.6) is 5.75 Å². The Morgan fingerprint density at radius 3 is 2.62 bits per heavy atom. The zero-order valence-corrected chi connectivity index (χ0v) is 15.4. The molecule has 0 atom stereocenters. The zero-order chi connectivity index (χ0) is 17.6. The molecule has 1 aromatic heterocycles. The first-order valence-electron chi connectivity index (χ1n) is 6.76. The molecule has 120 valence electrons. The van der Waals surface area contributed by atoms with Gasteiger partial charge in [0.25, 0.3) is 5.56 Å². The van der Waals surface area contributed by atoms with Gasteiger partial charge in [0, 0.05) is 18.0 Å². The van der Waals surface area contributed by atoms with E-state index >= 15 is 0 Å². The van der Waals surface area contributed by atoms with Gasteiger partial charge in [0.2, 0.25) is 0 Å². The van der Waals surface area contributed by atoms with Gasteiger partial charge in [0.1, 0.15) is 23.3 Å². The molecule has 1 N–H and O–H groups in total. The van der Waals surface area contributed by atoms with E-state index in [0.29, 0.717) is 26.4 Å². The Balaban J connectivity index is 2.66. The molecule has 0 saturated heterocycles. The fraction of sp³-hybridized carbons (Fsp3) is 0.0588. The van der Waals surface area contributed by atoms with Crippen molar-refractivity contribution in [3.63, 3.8) is 0 Å². The quantitative estimate of drug-likeness (QED) is 0.594. The van der Waals surface area contributed by atoms with Crippen LogP contribution in [0, 0.1) is 17.1 Å². The molecule has 0 aliphatic heterocycles. The van der Waals surface area contributed by atoms with Crippen LogP contribution < -0.4 is 5.56 Å². The number of aromatic hydroxyl groups is 1. The third kappa shape index (κ3) is 2.43. The molecule has 0 unspecified atom stereocenters. The summed E-state index contributed by atoms with van der Waals surface area (Å²) in [6, 6.07) is 9.24. The topological polar surface area (TPSA) is 66.0 Å². The van der Waals surface area contributed by atoms with Crippen molar-refractivity contribution in [2.24, 2.45) is 7.05 Å². The Morgan fingerprint density at radius 1 is 1.29 bits per heavy atom. The number of fused-ring (bicyclic) bond motifs is 1. The number of phenols is 1. The summed E-state index contributed by atoms with van der Waals surface area (Å²) in [6.45, 7) is 0. The fourth-order valence-electron chi connectivity index (χ4n) is 2.65. The minimum atomic E-state index is -0.462. The third-order valence-electron chi connectivity index (χ3n) is 3.77. The maximum absolute atomic E-state index is 13.7. The second kappa shape index (κ2) is 6.04. The molecule has 0 amide bonds. The predicted molar refractivity (Wildman–Crippen MR) is 96.4 cm³/mol. The van der Waals surface area contributed by atoms with Crippen molar-refractivity contribution in [2.75, 3.05) is 0 Å². The summed E-state index contributed by atoms with van der Waals surface area (Å²) in [5.41, 5.74) is 0.516. The van der Waals surface area contributed by atoms with Crippen LogP contribution in [0.4, 0.5) is 4.39 Å². The summed E-state index contributed by atoms with van der Waals surface area (Å²) < 4.78 is 15.5. The maximum Gasteiger partial charge on any atom is 0.259 e. The first-order chi connectivity index (χ1) is 11.4. The van der Waals surface area contributed by atoms with Crippen LogP contribution in [0.3, 0.4) is 0 Å². The molecule has 0 spiro atoms. The molecule has 24 heavy (non-hydrogen) atoms. The van der Waals surface area contributed by atoms with Crippen LogP contribution >= 0.6 is 31.9 Å². The molecule has 0 fully saturated rings. The molecule has 3 aromatic rings. The predicted octanol–water partition coefficient (Wildman–Crippen LogP) is 4.45. The lowest BCUT2D eigenvalue weighted by atomic mass is 9.97. The number of hydrogen-bond donors (Lipinski definition) is 1. The summed E-state index contributed by atoms with van der Waals surface area (Å²) in [7, 11) is 1.48. The number of phenolic OH excluding ortho intramolecular Hbond substituents is 1. The molecular weight excluding hydrogens is 443 g/mol. The molecule has 0 bridgehead atoms. The van der Waals surface area contributed by atoms with Gasteiger partial charge < -0.3 is 9.67 Å². The number of aromatic nitrogens is 1. The number of nitrogens with zero attached hydrogens (tertiary/aromatic N) is 2. The van der Waals surface area contributed by atoms with Crippen LogP contribution in [0.15, 0.2) is 44.1 Å². The highest BCUT2D eigenvalue weighted by atomic mass is 79.9. The SMILES string of the molecule is Cn1c(C#N)c(-c2cccc(F)c2)c2c(Br)c(O)c(Br)cc2c1=O. The Morgan fingerprint density at radius 2 is 2.00 bits per heavy atom.